The molecule has 0 aliphatic rings. The van der Waals surface area contributed by atoms with Crippen LogP contribution in [0.2, 0.25) is 0 Å². The third-order valence-corrected chi connectivity index (χ3v) is 4.08. The van der Waals surface area contributed by atoms with E-state index in [1.54, 1.807) is 17.6 Å². The topological polar surface area (TPSA) is 76.6 Å². The lowest BCUT2D eigenvalue weighted by molar-refractivity contribution is 0.0945. The van der Waals surface area contributed by atoms with Crippen molar-refractivity contribution < 1.29 is 9.21 Å². The molecule has 3 heterocycles. The lowest BCUT2D eigenvalue weighted by Crippen LogP contribution is -2.32. The Hall–Kier alpha value is -2.41. The fourth-order valence-electron chi connectivity index (χ4n) is 2.24. The van der Waals surface area contributed by atoms with E-state index < -0.39 is 5.91 Å². The Morgan fingerprint density at radius 1 is 1.45 bits per heavy atom. The van der Waals surface area contributed by atoms with Crippen molar-refractivity contribution in [3.8, 4) is 0 Å². The molecule has 0 bridgehead atoms. The number of aryl methyl sites for hydroxylation is 2. The molecule has 3 aromatic heterocycles. The van der Waals surface area contributed by atoms with Crippen molar-refractivity contribution in [2.75, 3.05) is 0 Å². The second-order valence-corrected chi connectivity index (χ2v) is 5.72. The van der Waals surface area contributed by atoms with E-state index in [-0.39, 0.29) is 17.7 Å². The van der Waals surface area contributed by atoms with Crippen LogP contribution in [0.25, 0.3) is 4.96 Å². The number of nitrogens with zero attached hydrogens (tertiary/aromatic N) is 2. The second-order valence-electron chi connectivity index (χ2n) is 4.84. The van der Waals surface area contributed by atoms with Crippen molar-refractivity contribution in [3.05, 3.63) is 56.8 Å². The zero-order valence-corrected chi connectivity index (χ0v) is 13.1. The molecule has 114 valence electrons. The smallest absolute Gasteiger partial charge is 0.271 e. The van der Waals surface area contributed by atoms with Crippen molar-refractivity contribution in [1.29, 1.82) is 0 Å². The minimum absolute atomic E-state index is 0.0988. The third-order valence-electron chi connectivity index (χ3n) is 3.32. The Morgan fingerprint density at radius 2 is 2.27 bits per heavy atom. The van der Waals surface area contributed by atoms with Gasteiger partial charge in [-0.3, -0.25) is 14.0 Å². The monoisotopic (exact) mass is 317 g/mol. The third kappa shape index (κ3) is 2.55. The molecule has 1 N–H and O–H groups in total. The number of nitrogens with one attached hydrogen (secondary N) is 1. The summed E-state index contributed by atoms with van der Waals surface area (Å²) in [6.45, 7) is 3.95. The highest BCUT2D eigenvalue weighted by atomic mass is 32.1. The highest BCUT2D eigenvalue weighted by Gasteiger charge is 2.19. The molecule has 6 nitrogen and oxygen atoms in total. The fourth-order valence-corrected chi connectivity index (χ4v) is 2.97. The minimum atomic E-state index is -0.427. The lowest BCUT2D eigenvalue weighted by atomic mass is 10.1. The number of furan rings is 1. The average molecular weight is 317 g/mol. The maximum Gasteiger partial charge on any atom is 0.271 e. The molecule has 0 unspecified atom stereocenters. The van der Waals surface area contributed by atoms with E-state index in [9.17, 15) is 9.59 Å². The van der Waals surface area contributed by atoms with Gasteiger partial charge in [-0.05, 0) is 25.5 Å². The summed E-state index contributed by atoms with van der Waals surface area (Å²) >= 11 is 1.37. The van der Waals surface area contributed by atoms with Crippen LogP contribution < -0.4 is 10.9 Å². The number of amides is 1. The molecule has 0 spiro atoms. The van der Waals surface area contributed by atoms with Crippen LogP contribution in [-0.4, -0.2) is 15.3 Å². The van der Waals surface area contributed by atoms with Gasteiger partial charge in [-0.25, -0.2) is 4.98 Å². The van der Waals surface area contributed by atoms with Gasteiger partial charge in [0.15, 0.2) is 4.96 Å². The van der Waals surface area contributed by atoms with Crippen LogP contribution in [0.4, 0.5) is 0 Å². The molecule has 0 radical (unpaired) electrons. The fraction of sp³-hybridized carbons (Fsp3) is 0.267. The van der Waals surface area contributed by atoms with E-state index >= 15 is 0 Å². The standard InChI is InChI=1S/C15H15N3O3S/c1-3-11-12(14(20)18-6-7-22-15(18)17-11)13(19)16-8-10-5-4-9(2)21-10/h4-7H,3,8H2,1-2H3,(H,16,19). The van der Waals surface area contributed by atoms with E-state index in [2.05, 4.69) is 10.3 Å². The number of hydrogen-bond acceptors (Lipinski definition) is 5. The predicted octanol–water partition coefficient (Wildman–Crippen LogP) is 2.15. The van der Waals surface area contributed by atoms with Gasteiger partial charge in [0.2, 0.25) is 0 Å². The van der Waals surface area contributed by atoms with Crippen molar-refractivity contribution >= 4 is 22.2 Å². The molecule has 1 amide bonds. The molecular weight excluding hydrogens is 302 g/mol. The lowest BCUT2D eigenvalue weighted by Gasteiger charge is -2.07. The van der Waals surface area contributed by atoms with Gasteiger partial charge in [0.1, 0.15) is 17.1 Å². The molecule has 3 rings (SSSR count). The zero-order chi connectivity index (χ0) is 15.7. The normalized spacial score (nSPS) is 11.0. The summed E-state index contributed by atoms with van der Waals surface area (Å²) in [6.07, 6.45) is 2.15. The summed E-state index contributed by atoms with van der Waals surface area (Å²) in [6, 6.07) is 3.62. The molecular formula is C15H15N3O3S. The number of aromatic nitrogens is 2. The molecule has 0 aliphatic heterocycles. The second kappa shape index (κ2) is 5.76. The highest BCUT2D eigenvalue weighted by molar-refractivity contribution is 7.15. The van der Waals surface area contributed by atoms with Gasteiger partial charge < -0.3 is 9.73 Å². The van der Waals surface area contributed by atoms with Gasteiger partial charge >= 0.3 is 0 Å². The summed E-state index contributed by atoms with van der Waals surface area (Å²) in [7, 11) is 0. The quantitative estimate of drug-likeness (QED) is 0.800. The maximum absolute atomic E-state index is 12.5. The van der Waals surface area contributed by atoms with Crippen LogP contribution >= 0.6 is 11.3 Å². The number of carbonyl (C=O) groups is 1. The van der Waals surface area contributed by atoms with Gasteiger partial charge in [0.25, 0.3) is 11.5 Å². The molecule has 22 heavy (non-hydrogen) atoms. The number of thiazole rings is 1. The first-order valence-corrected chi connectivity index (χ1v) is 7.80. The van der Waals surface area contributed by atoms with E-state index in [0.717, 1.165) is 5.76 Å². The van der Waals surface area contributed by atoms with E-state index in [0.29, 0.717) is 22.8 Å². The van der Waals surface area contributed by atoms with Crippen molar-refractivity contribution in [2.24, 2.45) is 0 Å². The number of rotatable bonds is 4. The minimum Gasteiger partial charge on any atom is -0.465 e. The highest BCUT2D eigenvalue weighted by Crippen LogP contribution is 2.11. The van der Waals surface area contributed by atoms with Gasteiger partial charge in [0.05, 0.1) is 12.2 Å². The van der Waals surface area contributed by atoms with E-state index in [1.165, 1.54) is 15.7 Å². The number of hydrogen-bond donors (Lipinski definition) is 1. The predicted molar refractivity (Wildman–Crippen MR) is 83.3 cm³/mol. The zero-order valence-electron chi connectivity index (χ0n) is 12.3. The maximum atomic E-state index is 12.5. The van der Waals surface area contributed by atoms with Crippen molar-refractivity contribution in [2.45, 2.75) is 26.8 Å². The molecule has 0 aliphatic carbocycles. The van der Waals surface area contributed by atoms with E-state index in [1.807, 2.05) is 19.9 Å². The first-order valence-electron chi connectivity index (χ1n) is 6.92. The summed E-state index contributed by atoms with van der Waals surface area (Å²) in [5, 5.41) is 4.49. The molecule has 0 atom stereocenters. The molecule has 0 saturated heterocycles. The van der Waals surface area contributed by atoms with Crippen molar-refractivity contribution in [3.63, 3.8) is 0 Å². The molecule has 0 saturated carbocycles. The Kier molecular flexibility index (Phi) is 3.81. The molecule has 0 aromatic carbocycles. The SMILES string of the molecule is CCc1nc2sccn2c(=O)c1C(=O)NCc1ccc(C)o1. The van der Waals surface area contributed by atoms with Gasteiger partial charge in [-0.2, -0.15) is 0 Å². The van der Waals surface area contributed by atoms with Crippen LogP contribution in [-0.2, 0) is 13.0 Å². The van der Waals surface area contributed by atoms with Gasteiger partial charge in [-0.15, -0.1) is 11.3 Å². The van der Waals surface area contributed by atoms with Crippen LogP contribution in [0, 0.1) is 6.92 Å². The Morgan fingerprint density at radius 3 is 2.95 bits per heavy atom. The molecule has 0 fully saturated rings. The van der Waals surface area contributed by atoms with E-state index in [4.69, 9.17) is 4.42 Å². The van der Waals surface area contributed by atoms with Gasteiger partial charge in [0, 0.05) is 11.6 Å². The average Bonchev–Trinajstić information content (AvgIpc) is 3.13. The van der Waals surface area contributed by atoms with Crippen LogP contribution in [0.15, 0.2) is 32.9 Å². The number of carbonyl (C=O) groups excluding carboxylic acids is 1. The Labute approximate surface area is 130 Å². The summed E-state index contributed by atoms with van der Waals surface area (Å²) in [5.74, 6) is 0.998. The van der Waals surface area contributed by atoms with Gasteiger partial charge in [-0.1, -0.05) is 6.92 Å². The first kappa shape index (κ1) is 14.5. The summed E-state index contributed by atoms with van der Waals surface area (Å²) in [5.41, 5.74) is 0.276. The summed E-state index contributed by atoms with van der Waals surface area (Å²) in [4.78, 5) is 29.8. The first-order chi connectivity index (χ1) is 10.6. The Balaban J connectivity index is 1.92. The van der Waals surface area contributed by atoms with Crippen LogP contribution in [0.5, 0.6) is 0 Å². The summed E-state index contributed by atoms with van der Waals surface area (Å²) < 4.78 is 6.80. The van der Waals surface area contributed by atoms with Crippen LogP contribution in [0.1, 0.15) is 34.5 Å². The van der Waals surface area contributed by atoms with Crippen molar-refractivity contribution in [1.82, 2.24) is 14.7 Å². The Bertz CT molecular complexity index is 891. The number of fused-ring (bicyclic) bond motifs is 1. The molecule has 3 aromatic rings. The van der Waals surface area contributed by atoms with Crippen LogP contribution in [0.3, 0.4) is 0 Å². The largest absolute Gasteiger partial charge is 0.465 e. The molecule has 7 heteroatoms.